The van der Waals surface area contributed by atoms with Gasteiger partial charge in [0.1, 0.15) is 5.78 Å². The molecule has 0 aliphatic heterocycles. The van der Waals surface area contributed by atoms with E-state index >= 15 is 0 Å². The molecule has 0 radical (unpaired) electrons. The fourth-order valence-corrected chi connectivity index (χ4v) is 3.42. The molecule has 0 amide bonds. The van der Waals surface area contributed by atoms with Gasteiger partial charge in [0, 0.05) is 11.3 Å². The summed E-state index contributed by atoms with van der Waals surface area (Å²) in [5, 5.41) is 0. The number of ketones is 1. The zero-order valence-corrected chi connectivity index (χ0v) is 12.4. The Labute approximate surface area is 107 Å². The molecule has 1 heteroatoms. The van der Waals surface area contributed by atoms with Crippen LogP contribution in [0.4, 0.5) is 0 Å². The minimum atomic E-state index is -0.146. The molecule has 0 saturated heterocycles. The van der Waals surface area contributed by atoms with Gasteiger partial charge in [-0.1, -0.05) is 47.5 Å². The van der Waals surface area contributed by atoms with Crippen LogP contribution in [0, 0.1) is 23.2 Å². The monoisotopic (exact) mass is 238 g/mol. The van der Waals surface area contributed by atoms with Crippen molar-refractivity contribution in [1.82, 2.24) is 0 Å². The van der Waals surface area contributed by atoms with Crippen LogP contribution < -0.4 is 0 Å². The van der Waals surface area contributed by atoms with Gasteiger partial charge in [-0.05, 0) is 37.5 Å². The van der Waals surface area contributed by atoms with E-state index in [4.69, 9.17) is 0 Å². The molecule has 1 nitrogen and oxygen atoms in total. The molecular weight excluding hydrogens is 208 g/mol. The number of carbonyl (C=O) groups excluding carboxylic acids is 1. The molecule has 0 unspecified atom stereocenters. The highest BCUT2D eigenvalue weighted by atomic mass is 16.1. The van der Waals surface area contributed by atoms with E-state index in [0.29, 0.717) is 11.7 Å². The van der Waals surface area contributed by atoms with E-state index in [1.165, 1.54) is 25.7 Å². The number of carbonyl (C=O) groups is 1. The lowest BCUT2D eigenvalue weighted by Gasteiger charge is -2.34. The van der Waals surface area contributed by atoms with Crippen molar-refractivity contribution in [2.24, 2.45) is 23.2 Å². The molecule has 100 valence electrons. The van der Waals surface area contributed by atoms with Gasteiger partial charge >= 0.3 is 0 Å². The SMILES string of the molecule is CCC(CC)C1CCC(C(=O)C(C)(C)C)CC1. The second kappa shape index (κ2) is 6.02. The summed E-state index contributed by atoms with van der Waals surface area (Å²) in [6, 6.07) is 0. The molecule has 1 fully saturated rings. The van der Waals surface area contributed by atoms with Gasteiger partial charge in [0.05, 0.1) is 0 Å². The predicted octanol–water partition coefficient (Wildman–Crippen LogP) is 4.84. The number of hydrogen-bond acceptors (Lipinski definition) is 1. The van der Waals surface area contributed by atoms with Crippen molar-refractivity contribution in [3.8, 4) is 0 Å². The first-order chi connectivity index (χ1) is 7.90. The molecule has 0 aromatic carbocycles. The average Bonchev–Trinajstić information content (AvgIpc) is 2.29. The number of Topliss-reactive ketones (excluding diaryl/α,β-unsaturated/α-hetero) is 1. The van der Waals surface area contributed by atoms with Crippen molar-refractivity contribution < 1.29 is 4.79 Å². The lowest BCUT2D eigenvalue weighted by molar-refractivity contribution is -0.131. The Hall–Kier alpha value is -0.330. The van der Waals surface area contributed by atoms with Gasteiger partial charge in [-0.2, -0.15) is 0 Å². The summed E-state index contributed by atoms with van der Waals surface area (Å²) < 4.78 is 0. The number of hydrogen-bond donors (Lipinski definition) is 0. The van der Waals surface area contributed by atoms with E-state index in [1.807, 2.05) is 0 Å². The van der Waals surface area contributed by atoms with Crippen LogP contribution in [0.2, 0.25) is 0 Å². The normalized spacial score (nSPS) is 26.2. The summed E-state index contributed by atoms with van der Waals surface area (Å²) in [6.45, 7) is 10.8. The maximum absolute atomic E-state index is 12.2. The Morgan fingerprint density at radius 3 is 1.88 bits per heavy atom. The Kier molecular flexibility index (Phi) is 5.22. The summed E-state index contributed by atoms with van der Waals surface area (Å²) in [7, 11) is 0. The fraction of sp³-hybridized carbons (Fsp3) is 0.938. The summed E-state index contributed by atoms with van der Waals surface area (Å²) >= 11 is 0. The van der Waals surface area contributed by atoms with E-state index in [-0.39, 0.29) is 5.41 Å². The molecule has 0 heterocycles. The Morgan fingerprint density at radius 2 is 1.53 bits per heavy atom. The summed E-state index contributed by atoms with van der Waals surface area (Å²) in [5.41, 5.74) is -0.146. The molecule has 0 aromatic rings. The van der Waals surface area contributed by atoms with E-state index in [1.54, 1.807) is 0 Å². The summed E-state index contributed by atoms with van der Waals surface area (Å²) in [6.07, 6.45) is 7.43. The summed E-state index contributed by atoms with van der Waals surface area (Å²) in [5.74, 6) is 2.61. The standard InChI is InChI=1S/C16H30O/c1-6-12(7-2)13-8-10-14(11-9-13)15(17)16(3,4)5/h12-14H,6-11H2,1-5H3. The lowest BCUT2D eigenvalue weighted by Crippen LogP contribution is -2.32. The van der Waals surface area contributed by atoms with Crippen LogP contribution in [0.1, 0.15) is 73.1 Å². The second-order valence-corrected chi connectivity index (χ2v) is 6.80. The highest BCUT2D eigenvalue weighted by molar-refractivity contribution is 5.85. The molecule has 1 aliphatic rings. The van der Waals surface area contributed by atoms with Gasteiger partial charge in [0.25, 0.3) is 0 Å². The van der Waals surface area contributed by atoms with Crippen molar-refractivity contribution in [2.75, 3.05) is 0 Å². The van der Waals surface area contributed by atoms with Gasteiger partial charge in [-0.15, -0.1) is 0 Å². The minimum Gasteiger partial charge on any atom is -0.299 e. The molecule has 0 bridgehead atoms. The third-order valence-corrected chi connectivity index (χ3v) is 4.60. The zero-order chi connectivity index (χ0) is 13.1. The third-order valence-electron chi connectivity index (χ3n) is 4.60. The molecule has 1 saturated carbocycles. The molecule has 17 heavy (non-hydrogen) atoms. The Morgan fingerprint density at radius 1 is 1.06 bits per heavy atom. The van der Waals surface area contributed by atoms with E-state index < -0.39 is 0 Å². The highest BCUT2D eigenvalue weighted by Gasteiger charge is 2.34. The van der Waals surface area contributed by atoms with Gasteiger partial charge in [0.15, 0.2) is 0 Å². The predicted molar refractivity (Wildman–Crippen MR) is 74.0 cm³/mol. The van der Waals surface area contributed by atoms with Crippen molar-refractivity contribution in [1.29, 1.82) is 0 Å². The van der Waals surface area contributed by atoms with Crippen LogP contribution in [0.5, 0.6) is 0 Å². The quantitative estimate of drug-likeness (QED) is 0.684. The van der Waals surface area contributed by atoms with Crippen molar-refractivity contribution in [3.63, 3.8) is 0 Å². The maximum Gasteiger partial charge on any atom is 0.141 e. The lowest BCUT2D eigenvalue weighted by atomic mass is 9.70. The largest absolute Gasteiger partial charge is 0.299 e. The van der Waals surface area contributed by atoms with Crippen molar-refractivity contribution in [3.05, 3.63) is 0 Å². The van der Waals surface area contributed by atoms with Crippen molar-refractivity contribution >= 4 is 5.78 Å². The highest BCUT2D eigenvalue weighted by Crippen LogP contribution is 2.38. The van der Waals surface area contributed by atoms with Crippen LogP contribution in [0.3, 0.4) is 0 Å². The first-order valence-electron chi connectivity index (χ1n) is 7.44. The first kappa shape index (κ1) is 14.7. The second-order valence-electron chi connectivity index (χ2n) is 6.80. The van der Waals surface area contributed by atoms with Crippen LogP contribution in [0.25, 0.3) is 0 Å². The van der Waals surface area contributed by atoms with Gasteiger partial charge in [-0.25, -0.2) is 0 Å². The average molecular weight is 238 g/mol. The topological polar surface area (TPSA) is 17.1 Å². The zero-order valence-electron chi connectivity index (χ0n) is 12.4. The molecule has 0 aromatic heterocycles. The maximum atomic E-state index is 12.2. The van der Waals surface area contributed by atoms with Crippen LogP contribution in [-0.2, 0) is 4.79 Å². The molecule has 0 spiro atoms. The van der Waals surface area contributed by atoms with Crippen molar-refractivity contribution in [2.45, 2.75) is 73.1 Å². The van der Waals surface area contributed by atoms with E-state index in [2.05, 4.69) is 34.6 Å². The van der Waals surface area contributed by atoms with Crippen LogP contribution >= 0.6 is 0 Å². The van der Waals surface area contributed by atoms with Gasteiger partial charge < -0.3 is 0 Å². The van der Waals surface area contributed by atoms with Gasteiger partial charge in [-0.3, -0.25) is 4.79 Å². The first-order valence-corrected chi connectivity index (χ1v) is 7.44. The molecule has 0 atom stereocenters. The number of rotatable bonds is 4. The van der Waals surface area contributed by atoms with E-state index in [9.17, 15) is 4.79 Å². The fourth-order valence-electron chi connectivity index (χ4n) is 3.42. The Balaban J connectivity index is 2.48. The minimum absolute atomic E-state index is 0.146. The molecular formula is C16H30O. The third kappa shape index (κ3) is 3.82. The molecule has 0 N–H and O–H groups in total. The van der Waals surface area contributed by atoms with Crippen LogP contribution in [-0.4, -0.2) is 5.78 Å². The molecule has 1 aliphatic carbocycles. The van der Waals surface area contributed by atoms with Crippen LogP contribution in [0.15, 0.2) is 0 Å². The van der Waals surface area contributed by atoms with E-state index in [0.717, 1.165) is 24.7 Å². The summed E-state index contributed by atoms with van der Waals surface area (Å²) in [4.78, 5) is 12.2. The van der Waals surface area contributed by atoms with Gasteiger partial charge in [0.2, 0.25) is 0 Å². The Bertz CT molecular complexity index is 237. The molecule has 1 rings (SSSR count). The smallest absolute Gasteiger partial charge is 0.141 e.